The van der Waals surface area contributed by atoms with E-state index in [1.54, 1.807) is 12.9 Å². The van der Waals surface area contributed by atoms with Gasteiger partial charge < -0.3 is 14.9 Å². The van der Waals surface area contributed by atoms with E-state index < -0.39 is 0 Å². The SMILES string of the molecule is CB(O)N1CC(=CCO)C1. The Bertz CT molecular complexity index is 139. The fourth-order valence-electron chi connectivity index (χ4n) is 0.998. The lowest BCUT2D eigenvalue weighted by molar-refractivity contribution is 0.321. The summed E-state index contributed by atoms with van der Waals surface area (Å²) in [5, 5.41) is 17.5. The second kappa shape index (κ2) is 3.19. The molecule has 3 nitrogen and oxygen atoms in total. The molecule has 1 aliphatic heterocycles. The average molecular weight is 141 g/mol. The van der Waals surface area contributed by atoms with Gasteiger partial charge in [-0.05, 0) is 12.4 Å². The highest BCUT2D eigenvalue weighted by atomic mass is 16.2. The molecule has 1 fully saturated rings. The van der Waals surface area contributed by atoms with E-state index in [2.05, 4.69) is 0 Å². The lowest BCUT2D eigenvalue weighted by atomic mass is 9.80. The number of hydrogen-bond donors (Lipinski definition) is 2. The van der Waals surface area contributed by atoms with Gasteiger partial charge in [0.05, 0.1) is 6.61 Å². The minimum atomic E-state index is -0.351. The van der Waals surface area contributed by atoms with Gasteiger partial charge in [-0.3, -0.25) is 0 Å². The fourth-order valence-corrected chi connectivity index (χ4v) is 0.998. The molecule has 0 spiro atoms. The summed E-state index contributed by atoms with van der Waals surface area (Å²) in [5.74, 6) is 0. The van der Waals surface area contributed by atoms with Crippen LogP contribution < -0.4 is 0 Å². The summed E-state index contributed by atoms with van der Waals surface area (Å²) in [7, 11) is -0.351. The van der Waals surface area contributed by atoms with Gasteiger partial charge in [0, 0.05) is 13.1 Å². The van der Waals surface area contributed by atoms with E-state index in [0.717, 1.165) is 13.1 Å². The second-order valence-electron chi connectivity index (χ2n) is 2.58. The van der Waals surface area contributed by atoms with Crippen LogP contribution in [-0.2, 0) is 0 Å². The van der Waals surface area contributed by atoms with Gasteiger partial charge in [0.25, 0.3) is 0 Å². The molecule has 1 heterocycles. The monoisotopic (exact) mass is 141 g/mol. The highest BCUT2D eigenvalue weighted by Crippen LogP contribution is 2.13. The van der Waals surface area contributed by atoms with Crippen molar-refractivity contribution >= 4 is 7.05 Å². The van der Waals surface area contributed by atoms with Gasteiger partial charge >= 0.3 is 7.05 Å². The van der Waals surface area contributed by atoms with E-state index in [4.69, 9.17) is 10.1 Å². The summed E-state index contributed by atoms with van der Waals surface area (Å²) >= 11 is 0. The molecule has 0 aromatic carbocycles. The zero-order chi connectivity index (χ0) is 7.56. The summed E-state index contributed by atoms with van der Waals surface area (Å²) in [4.78, 5) is 1.92. The van der Waals surface area contributed by atoms with Crippen LogP contribution in [-0.4, -0.2) is 41.7 Å². The lowest BCUT2D eigenvalue weighted by Crippen LogP contribution is -2.48. The van der Waals surface area contributed by atoms with Crippen LogP contribution in [0.15, 0.2) is 11.6 Å². The van der Waals surface area contributed by atoms with Gasteiger partial charge in [0.1, 0.15) is 0 Å². The number of aliphatic hydroxyl groups excluding tert-OH is 1. The quantitative estimate of drug-likeness (QED) is 0.396. The molecule has 0 aliphatic carbocycles. The summed E-state index contributed by atoms with van der Waals surface area (Å²) < 4.78 is 0. The van der Waals surface area contributed by atoms with Crippen LogP contribution in [0.2, 0.25) is 6.82 Å². The van der Waals surface area contributed by atoms with E-state index in [0.29, 0.717) is 0 Å². The Kier molecular flexibility index (Phi) is 2.48. The third kappa shape index (κ3) is 1.59. The fraction of sp³-hybridized carbons (Fsp3) is 0.667. The van der Waals surface area contributed by atoms with Crippen molar-refractivity contribution in [3.05, 3.63) is 11.6 Å². The van der Waals surface area contributed by atoms with Gasteiger partial charge in [-0.2, -0.15) is 0 Å². The molecule has 0 bridgehead atoms. The van der Waals surface area contributed by atoms with E-state index >= 15 is 0 Å². The van der Waals surface area contributed by atoms with E-state index in [9.17, 15) is 0 Å². The molecule has 2 N–H and O–H groups in total. The van der Waals surface area contributed by atoms with Crippen LogP contribution in [0.1, 0.15) is 0 Å². The molecule has 1 aliphatic rings. The molecule has 0 saturated carbocycles. The number of aliphatic hydroxyl groups is 1. The molecule has 0 unspecified atom stereocenters. The number of nitrogens with zero attached hydrogens (tertiary/aromatic N) is 1. The molecule has 1 saturated heterocycles. The standard InChI is InChI=1S/C6H12BNO2/c1-7(10)8-4-6(5-8)2-3-9/h2,9-10H,3-5H2,1H3. The van der Waals surface area contributed by atoms with Crippen molar-refractivity contribution in [2.45, 2.75) is 6.82 Å². The molecule has 10 heavy (non-hydrogen) atoms. The van der Waals surface area contributed by atoms with Crippen molar-refractivity contribution in [1.82, 2.24) is 4.81 Å². The first-order valence-corrected chi connectivity index (χ1v) is 3.45. The summed E-state index contributed by atoms with van der Waals surface area (Å²) in [6, 6.07) is 0. The summed E-state index contributed by atoms with van der Waals surface area (Å²) in [6.07, 6.45) is 1.79. The topological polar surface area (TPSA) is 43.7 Å². The molecule has 1 rings (SSSR count). The molecular weight excluding hydrogens is 129 g/mol. The van der Waals surface area contributed by atoms with Crippen LogP contribution in [0, 0.1) is 0 Å². The maximum absolute atomic E-state index is 8.99. The Morgan fingerprint density at radius 3 is 2.70 bits per heavy atom. The van der Waals surface area contributed by atoms with Crippen LogP contribution in [0.5, 0.6) is 0 Å². The van der Waals surface area contributed by atoms with Gasteiger partial charge in [0.15, 0.2) is 0 Å². The smallest absolute Gasteiger partial charge is 0.376 e. The van der Waals surface area contributed by atoms with Crippen molar-refractivity contribution in [1.29, 1.82) is 0 Å². The second-order valence-corrected chi connectivity index (χ2v) is 2.58. The average Bonchev–Trinajstić information content (AvgIpc) is 1.76. The molecule has 0 radical (unpaired) electrons. The Morgan fingerprint density at radius 1 is 1.70 bits per heavy atom. The van der Waals surface area contributed by atoms with Gasteiger partial charge in [0.2, 0.25) is 0 Å². The van der Waals surface area contributed by atoms with Crippen molar-refractivity contribution < 1.29 is 10.1 Å². The summed E-state index contributed by atoms with van der Waals surface area (Å²) in [6.45, 7) is 3.47. The molecule has 0 atom stereocenters. The first-order valence-electron chi connectivity index (χ1n) is 3.45. The first kappa shape index (κ1) is 7.79. The maximum Gasteiger partial charge on any atom is 0.376 e. The molecule has 4 heteroatoms. The van der Waals surface area contributed by atoms with Crippen molar-refractivity contribution in [3.63, 3.8) is 0 Å². The van der Waals surface area contributed by atoms with E-state index in [1.165, 1.54) is 5.57 Å². The van der Waals surface area contributed by atoms with Gasteiger partial charge in [-0.25, -0.2) is 0 Å². The Balaban J connectivity index is 2.24. The van der Waals surface area contributed by atoms with Crippen LogP contribution in [0.25, 0.3) is 0 Å². The van der Waals surface area contributed by atoms with Crippen LogP contribution in [0.3, 0.4) is 0 Å². The van der Waals surface area contributed by atoms with Crippen LogP contribution in [0.4, 0.5) is 0 Å². The minimum absolute atomic E-state index is 0.114. The first-order chi connectivity index (χ1) is 4.74. The predicted octanol–water partition coefficient (Wildman–Crippen LogP) is -0.669. The molecule has 56 valence electrons. The predicted molar refractivity (Wildman–Crippen MR) is 40.6 cm³/mol. The largest absolute Gasteiger partial charge is 0.437 e. The van der Waals surface area contributed by atoms with Gasteiger partial charge in [-0.1, -0.05) is 6.08 Å². The van der Waals surface area contributed by atoms with E-state index in [1.807, 2.05) is 4.81 Å². The maximum atomic E-state index is 8.99. The Morgan fingerprint density at radius 2 is 2.30 bits per heavy atom. The van der Waals surface area contributed by atoms with Gasteiger partial charge in [-0.15, -0.1) is 0 Å². The van der Waals surface area contributed by atoms with Crippen molar-refractivity contribution in [3.8, 4) is 0 Å². The van der Waals surface area contributed by atoms with Crippen molar-refractivity contribution in [2.24, 2.45) is 0 Å². The normalized spacial score (nSPS) is 18.5. The minimum Gasteiger partial charge on any atom is -0.437 e. The lowest BCUT2D eigenvalue weighted by Gasteiger charge is -2.34. The zero-order valence-electron chi connectivity index (χ0n) is 6.12. The zero-order valence-corrected chi connectivity index (χ0v) is 6.12. The Labute approximate surface area is 61.1 Å². The molecule has 0 aromatic rings. The highest BCUT2D eigenvalue weighted by Gasteiger charge is 2.25. The molecule has 0 amide bonds. The molecule has 0 aromatic heterocycles. The third-order valence-electron chi connectivity index (χ3n) is 1.72. The number of hydrogen-bond acceptors (Lipinski definition) is 3. The summed E-state index contributed by atoms with van der Waals surface area (Å²) in [5.41, 5.74) is 1.21. The molecular formula is C6H12BNO2. The third-order valence-corrected chi connectivity index (χ3v) is 1.72. The van der Waals surface area contributed by atoms with Crippen LogP contribution >= 0.6 is 0 Å². The Hall–Kier alpha value is -0.315. The number of rotatable bonds is 2. The highest BCUT2D eigenvalue weighted by molar-refractivity contribution is 6.45. The van der Waals surface area contributed by atoms with E-state index in [-0.39, 0.29) is 13.7 Å². The van der Waals surface area contributed by atoms with Crippen molar-refractivity contribution in [2.75, 3.05) is 19.7 Å².